The van der Waals surface area contributed by atoms with Crippen molar-refractivity contribution in [3.8, 4) is 5.75 Å². The third-order valence-electron chi connectivity index (χ3n) is 3.25. The summed E-state index contributed by atoms with van der Waals surface area (Å²) in [5.41, 5.74) is 1.16. The van der Waals surface area contributed by atoms with E-state index in [0.717, 1.165) is 30.2 Å². The molecule has 0 aliphatic carbocycles. The maximum atomic E-state index is 5.93. The standard InChI is InChI=1S/C15H22N4O/c1-4-16-12(3)13-8-6-7-9-14(13)20-10-15-17-11-18-19(15)5-2/h6-9,11-12,16H,4-5,10H2,1-3H3. The van der Waals surface area contributed by atoms with Crippen molar-refractivity contribution in [3.63, 3.8) is 0 Å². The van der Waals surface area contributed by atoms with Crippen LogP contribution in [-0.2, 0) is 13.2 Å². The van der Waals surface area contributed by atoms with Crippen molar-refractivity contribution in [2.45, 2.75) is 40.0 Å². The fourth-order valence-electron chi connectivity index (χ4n) is 2.19. The summed E-state index contributed by atoms with van der Waals surface area (Å²) in [7, 11) is 0. The lowest BCUT2D eigenvalue weighted by molar-refractivity contribution is 0.282. The Hall–Kier alpha value is -1.88. The molecule has 20 heavy (non-hydrogen) atoms. The Morgan fingerprint density at radius 3 is 2.85 bits per heavy atom. The molecule has 0 saturated carbocycles. The van der Waals surface area contributed by atoms with Gasteiger partial charge in [0.25, 0.3) is 0 Å². The maximum Gasteiger partial charge on any atom is 0.164 e. The average Bonchev–Trinajstić information content (AvgIpc) is 2.93. The molecule has 1 aromatic heterocycles. The number of rotatable bonds is 7. The van der Waals surface area contributed by atoms with Crippen LogP contribution in [0.5, 0.6) is 5.75 Å². The topological polar surface area (TPSA) is 52.0 Å². The number of hydrogen-bond acceptors (Lipinski definition) is 4. The molecule has 1 heterocycles. The highest BCUT2D eigenvalue weighted by Crippen LogP contribution is 2.25. The van der Waals surface area contributed by atoms with Crippen LogP contribution in [-0.4, -0.2) is 21.3 Å². The van der Waals surface area contributed by atoms with Gasteiger partial charge in [0.2, 0.25) is 0 Å². The largest absolute Gasteiger partial charge is 0.485 e. The second-order valence-corrected chi connectivity index (χ2v) is 4.60. The van der Waals surface area contributed by atoms with Crippen molar-refractivity contribution in [2.24, 2.45) is 0 Å². The van der Waals surface area contributed by atoms with E-state index in [9.17, 15) is 0 Å². The van der Waals surface area contributed by atoms with E-state index in [-0.39, 0.29) is 6.04 Å². The summed E-state index contributed by atoms with van der Waals surface area (Å²) in [5.74, 6) is 1.74. The van der Waals surface area contributed by atoms with E-state index in [4.69, 9.17) is 4.74 Å². The molecule has 5 heteroatoms. The molecule has 2 rings (SSSR count). The van der Waals surface area contributed by atoms with Gasteiger partial charge < -0.3 is 10.1 Å². The second-order valence-electron chi connectivity index (χ2n) is 4.60. The van der Waals surface area contributed by atoms with Crippen molar-refractivity contribution < 1.29 is 4.74 Å². The highest BCUT2D eigenvalue weighted by atomic mass is 16.5. The molecular formula is C15H22N4O. The van der Waals surface area contributed by atoms with Crippen molar-refractivity contribution in [2.75, 3.05) is 6.54 Å². The predicted molar refractivity (Wildman–Crippen MR) is 78.6 cm³/mol. The molecule has 5 nitrogen and oxygen atoms in total. The molecule has 108 valence electrons. The van der Waals surface area contributed by atoms with E-state index in [0.29, 0.717) is 6.61 Å². The fourth-order valence-corrected chi connectivity index (χ4v) is 2.19. The van der Waals surface area contributed by atoms with Crippen molar-refractivity contribution in [1.29, 1.82) is 0 Å². The van der Waals surface area contributed by atoms with E-state index in [1.54, 1.807) is 6.33 Å². The molecule has 0 bridgehead atoms. The molecule has 1 atom stereocenters. The Balaban J connectivity index is 2.09. The quantitative estimate of drug-likeness (QED) is 0.843. The molecule has 1 unspecified atom stereocenters. The molecule has 0 aliphatic heterocycles. The van der Waals surface area contributed by atoms with Crippen LogP contribution < -0.4 is 10.1 Å². The lowest BCUT2D eigenvalue weighted by atomic mass is 10.1. The first-order valence-corrected chi connectivity index (χ1v) is 7.08. The normalized spacial score (nSPS) is 12.3. The van der Waals surface area contributed by atoms with E-state index in [1.807, 2.05) is 29.8 Å². The lowest BCUT2D eigenvalue weighted by Crippen LogP contribution is -2.18. The zero-order valence-corrected chi connectivity index (χ0v) is 12.3. The van der Waals surface area contributed by atoms with Crippen LogP contribution in [0, 0.1) is 0 Å². The first kappa shape index (κ1) is 14.5. The van der Waals surface area contributed by atoms with Gasteiger partial charge in [0, 0.05) is 18.2 Å². The molecule has 0 fully saturated rings. The summed E-state index contributed by atoms with van der Waals surface area (Å²) in [6.45, 7) is 8.45. The van der Waals surface area contributed by atoms with Crippen LogP contribution >= 0.6 is 0 Å². The minimum atomic E-state index is 0.264. The summed E-state index contributed by atoms with van der Waals surface area (Å²) < 4.78 is 7.77. The van der Waals surface area contributed by atoms with Gasteiger partial charge in [0.05, 0.1) is 0 Å². The molecule has 0 spiro atoms. The van der Waals surface area contributed by atoms with E-state index >= 15 is 0 Å². The number of ether oxygens (including phenoxy) is 1. The monoisotopic (exact) mass is 274 g/mol. The van der Waals surface area contributed by atoms with Crippen molar-refractivity contribution in [3.05, 3.63) is 42.0 Å². The van der Waals surface area contributed by atoms with Gasteiger partial charge in [-0.1, -0.05) is 25.1 Å². The van der Waals surface area contributed by atoms with Crippen LogP contribution in [0.15, 0.2) is 30.6 Å². The van der Waals surface area contributed by atoms with E-state index in [1.165, 1.54) is 0 Å². The van der Waals surface area contributed by atoms with Crippen LogP contribution in [0.3, 0.4) is 0 Å². The Kier molecular flexibility index (Phi) is 5.12. The van der Waals surface area contributed by atoms with Crippen LogP contribution in [0.1, 0.15) is 38.2 Å². The van der Waals surface area contributed by atoms with E-state index in [2.05, 4.69) is 35.3 Å². The molecular weight excluding hydrogens is 252 g/mol. The van der Waals surface area contributed by atoms with Crippen molar-refractivity contribution in [1.82, 2.24) is 20.1 Å². The number of nitrogens with zero attached hydrogens (tertiary/aromatic N) is 3. The number of para-hydroxylation sites is 1. The Morgan fingerprint density at radius 2 is 2.10 bits per heavy atom. The van der Waals surface area contributed by atoms with Gasteiger partial charge in [0.15, 0.2) is 5.82 Å². The Morgan fingerprint density at radius 1 is 1.30 bits per heavy atom. The molecule has 2 aromatic rings. The zero-order chi connectivity index (χ0) is 14.4. The van der Waals surface area contributed by atoms with Gasteiger partial charge in [-0.2, -0.15) is 5.10 Å². The second kappa shape index (κ2) is 7.05. The fraction of sp³-hybridized carbons (Fsp3) is 0.467. The summed E-state index contributed by atoms with van der Waals surface area (Å²) >= 11 is 0. The predicted octanol–water partition coefficient (Wildman–Crippen LogP) is 2.55. The number of aromatic nitrogens is 3. The summed E-state index contributed by atoms with van der Waals surface area (Å²) in [4.78, 5) is 4.22. The van der Waals surface area contributed by atoms with Gasteiger partial charge in [-0.15, -0.1) is 0 Å². The lowest BCUT2D eigenvalue weighted by Gasteiger charge is -2.17. The van der Waals surface area contributed by atoms with Gasteiger partial charge in [-0.25, -0.2) is 9.67 Å². The molecule has 1 N–H and O–H groups in total. The van der Waals surface area contributed by atoms with Gasteiger partial charge in [-0.3, -0.25) is 0 Å². The SMILES string of the molecule is CCNC(C)c1ccccc1OCc1ncnn1CC. The van der Waals surface area contributed by atoms with Crippen LogP contribution in [0.4, 0.5) is 0 Å². The molecule has 0 amide bonds. The maximum absolute atomic E-state index is 5.93. The highest BCUT2D eigenvalue weighted by Gasteiger charge is 2.11. The molecule has 0 radical (unpaired) electrons. The number of nitrogens with one attached hydrogen (secondary N) is 1. The minimum absolute atomic E-state index is 0.264. The average molecular weight is 274 g/mol. The third kappa shape index (κ3) is 3.36. The zero-order valence-electron chi connectivity index (χ0n) is 12.3. The molecule has 1 aromatic carbocycles. The summed E-state index contributed by atoms with van der Waals surface area (Å²) in [5, 5.41) is 7.55. The Labute approximate surface area is 120 Å². The smallest absolute Gasteiger partial charge is 0.164 e. The minimum Gasteiger partial charge on any atom is -0.485 e. The van der Waals surface area contributed by atoms with E-state index < -0.39 is 0 Å². The van der Waals surface area contributed by atoms with Crippen molar-refractivity contribution >= 4 is 0 Å². The first-order valence-electron chi connectivity index (χ1n) is 7.08. The van der Waals surface area contributed by atoms with Gasteiger partial charge >= 0.3 is 0 Å². The number of benzene rings is 1. The number of aryl methyl sites for hydroxylation is 1. The summed E-state index contributed by atoms with van der Waals surface area (Å²) in [6.07, 6.45) is 1.56. The van der Waals surface area contributed by atoms with Gasteiger partial charge in [0.1, 0.15) is 18.7 Å². The first-order chi connectivity index (χ1) is 9.76. The summed E-state index contributed by atoms with van der Waals surface area (Å²) in [6, 6.07) is 8.37. The van der Waals surface area contributed by atoms with Crippen LogP contribution in [0.2, 0.25) is 0 Å². The Bertz CT molecular complexity index is 538. The van der Waals surface area contributed by atoms with Crippen LogP contribution in [0.25, 0.3) is 0 Å². The molecule has 0 aliphatic rings. The third-order valence-corrected chi connectivity index (χ3v) is 3.25. The number of hydrogen-bond donors (Lipinski definition) is 1. The highest BCUT2D eigenvalue weighted by molar-refractivity contribution is 5.35. The van der Waals surface area contributed by atoms with Gasteiger partial charge in [-0.05, 0) is 26.5 Å². The molecule has 0 saturated heterocycles.